The van der Waals surface area contributed by atoms with Gasteiger partial charge in [0.15, 0.2) is 11.0 Å². The van der Waals surface area contributed by atoms with Gasteiger partial charge in [-0.1, -0.05) is 11.6 Å². The molecule has 2 bridgehead atoms. The van der Waals surface area contributed by atoms with Gasteiger partial charge in [-0.3, -0.25) is 4.90 Å². The van der Waals surface area contributed by atoms with Crippen molar-refractivity contribution in [2.24, 2.45) is 5.92 Å². The summed E-state index contributed by atoms with van der Waals surface area (Å²) in [4.78, 5) is 23.2. The summed E-state index contributed by atoms with van der Waals surface area (Å²) in [5, 5.41) is 5.84. The minimum atomic E-state index is -0.588. The summed E-state index contributed by atoms with van der Waals surface area (Å²) >= 11 is 7.50. The molecule has 1 saturated carbocycles. The average Bonchev–Trinajstić information content (AvgIpc) is 3.58. The van der Waals surface area contributed by atoms with E-state index in [1.807, 2.05) is 11.2 Å². The van der Waals surface area contributed by atoms with E-state index in [2.05, 4.69) is 25.9 Å². The van der Waals surface area contributed by atoms with Gasteiger partial charge in [-0.25, -0.2) is 19.2 Å². The lowest BCUT2D eigenvalue weighted by molar-refractivity contribution is 0.146. The van der Waals surface area contributed by atoms with Gasteiger partial charge in [-0.2, -0.15) is 0 Å². The van der Waals surface area contributed by atoms with Crippen molar-refractivity contribution < 1.29 is 13.9 Å². The van der Waals surface area contributed by atoms with Crippen molar-refractivity contribution in [1.29, 1.82) is 0 Å². The number of hydrogen-bond donors (Lipinski definition) is 1. The van der Waals surface area contributed by atoms with Crippen LogP contribution in [0.5, 0.6) is 0 Å². The Bertz CT molecular complexity index is 1300. The monoisotopic (exact) mass is 473 g/mol. The normalized spacial score (nSPS) is 30.9. The van der Waals surface area contributed by atoms with Crippen LogP contribution in [0.25, 0.3) is 21.8 Å². The molecule has 0 aromatic carbocycles. The second-order valence-corrected chi connectivity index (χ2v) is 10.3. The van der Waals surface area contributed by atoms with E-state index >= 15 is 4.39 Å². The quantitative estimate of drug-likeness (QED) is 0.452. The van der Waals surface area contributed by atoms with Crippen LogP contribution in [0.4, 0.5) is 9.18 Å². The Hall–Kier alpha value is -2.10. The lowest BCUT2D eigenvalue weighted by atomic mass is 9.79. The molecule has 1 amide bonds. The van der Waals surface area contributed by atoms with Crippen LogP contribution < -0.4 is 5.32 Å². The van der Waals surface area contributed by atoms with Gasteiger partial charge in [0.1, 0.15) is 17.1 Å². The molecule has 3 aromatic rings. The van der Waals surface area contributed by atoms with E-state index < -0.39 is 5.82 Å². The van der Waals surface area contributed by atoms with Crippen LogP contribution in [0.1, 0.15) is 37.0 Å². The van der Waals surface area contributed by atoms with Crippen molar-refractivity contribution in [2.45, 2.75) is 48.5 Å². The van der Waals surface area contributed by atoms with Crippen LogP contribution in [0.2, 0.25) is 5.15 Å². The van der Waals surface area contributed by atoms with Crippen LogP contribution in [-0.2, 0) is 4.74 Å². The van der Waals surface area contributed by atoms with Gasteiger partial charge < -0.3 is 14.6 Å². The lowest BCUT2D eigenvalue weighted by Gasteiger charge is -2.39. The van der Waals surface area contributed by atoms with Crippen molar-refractivity contribution in [3.8, 4) is 0 Å². The van der Waals surface area contributed by atoms with E-state index in [0.717, 1.165) is 47.4 Å². The molecule has 0 spiro atoms. The number of nitrogens with one attached hydrogen (secondary N) is 1. The fourth-order valence-electron chi connectivity index (χ4n) is 6.31. The molecule has 0 radical (unpaired) electrons. The summed E-state index contributed by atoms with van der Waals surface area (Å²) < 4.78 is 22.7. The molecule has 8 rings (SSSR count). The number of thioether (sulfide) groups is 1. The number of pyridine rings is 2. The van der Waals surface area contributed by atoms with Gasteiger partial charge in [-0.05, 0) is 37.5 Å². The van der Waals surface area contributed by atoms with Crippen molar-refractivity contribution in [2.75, 3.05) is 19.4 Å². The zero-order chi connectivity index (χ0) is 21.7. The van der Waals surface area contributed by atoms with E-state index in [1.165, 1.54) is 11.8 Å². The van der Waals surface area contributed by atoms with Gasteiger partial charge in [0.2, 0.25) is 0 Å². The number of ether oxygens (including phenoxy) is 1. The van der Waals surface area contributed by atoms with Crippen molar-refractivity contribution in [3.05, 3.63) is 28.9 Å². The highest BCUT2D eigenvalue weighted by Crippen LogP contribution is 2.51. The van der Waals surface area contributed by atoms with Crippen LogP contribution in [-0.4, -0.2) is 57.0 Å². The van der Waals surface area contributed by atoms with E-state index in [4.69, 9.17) is 16.3 Å². The first kappa shape index (κ1) is 19.4. The summed E-state index contributed by atoms with van der Waals surface area (Å²) in [6.45, 7) is 1.43. The van der Waals surface area contributed by atoms with E-state index in [9.17, 15) is 4.79 Å². The second-order valence-electron chi connectivity index (χ2n) is 9.18. The van der Waals surface area contributed by atoms with Crippen LogP contribution in [0, 0.1) is 11.7 Å². The fraction of sp³-hybridized carbons (Fsp3) is 0.500. The number of halogens is 2. The van der Waals surface area contributed by atoms with E-state index in [1.54, 1.807) is 6.20 Å². The number of rotatable bonds is 3. The number of carbonyl (C=O) groups is 1. The molecule has 10 heteroatoms. The predicted octanol–water partition coefficient (Wildman–Crippen LogP) is 4.29. The van der Waals surface area contributed by atoms with E-state index in [0.29, 0.717) is 24.0 Å². The first-order chi connectivity index (χ1) is 15.6. The smallest absolute Gasteiger partial charge is 0.410 e. The molecule has 1 N–H and O–H groups in total. The number of carbonyl (C=O) groups excluding carboxylic acids is 1. The minimum Gasteiger partial charge on any atom is -0.447 e. The summed E-state index contributed by atoms with van der Waals surface area (Å²) in [6, 6.07) is 2.87. The largest absolute Gasteiger partial charge is 0.447 e. The van der Waals surface area contributed by atoms with Crippen LogP contribution in [0.15, 0.2) is 17.3 Å². The van der Waals surface area contributed by atoms with Gasteiger partial charge in [0, 0.05) is 35.2 Å². The number of fused-ring (bicyclic) bond motifs is 5. The van der Waals surface area contributed by atoms with Crippen molar-refractivity contribution in [1.82, 2.24) is 24.8 Å². The average molecular weight is 474 g/mol. The number of cyclic esters (lactones) is 1. The molecule has 4 saturated heterocycles. The molecule has 7 nitrogen and oxygen atoms in total. The molecule has 3 aromatic heterocycles. The Morgan fingerprint density at radius 3 is 2.97 bits per heavy atom. The third kappa shape index (κ3) is 2.39. The zero-order valence-electron chi connectivity index (χ0n) is 17.3. The lowest BCUT2D eigenvalue weighted by Crippen LogP contribution is -2.40. The number of aromatic nitrogens is 3. The van der Waals surface area contributed by atoms with Crippen molar-refractivity contribution in [3.63, 3.8) is 0 Å². The summed E-state index contributed by atoms with van der Waals surface area (Å²) in [7, 11) is 0. The SMILES string of the molecule is CSc1nc2c(F)c(Cl)ncc2c2c1cc(C1CC[C@H]3COC(=O)N13)n2[C@H]1[C@H]2CN[C@@H]1C2. The molecular formula is C22H21ClFN5O2S. The predicted molar refractivity (Wildman–Crippen MR) is 120 cm³/mol. The number of nitrogens with zero attached hydrogens (tertiary/aromatic N) is 4. The summed E-state index contributed by atoms with van der Waals surface area (Å²) in [5.41, 5.74) is 2.28. The molecule has 4 aliphatic heterocycles. The Labute approximate surface area is 192 Å². The van der Waals surface area contributed by atoms with Gasteiger partial charge in [-0.15, -0.1) is 11.8 Å². The maximum absolute atomic E-state index is 15.0. The van der Waals surface area contributed by atoms with E-state index in [-0.39, 0.29) is 34.9 Å². The van der Waals surface area contributed by atoms with Crippen LogP contribution in [0.3, 0.4) is 0 Å². The second kappa shape index (κ2) is 6.71. The first-order valence-electron chi connectivity index (χ1n) is 11.0. The highest BCUT2D eigenvalue weighted by Gasteiger charge is 2.51. The fourth-order valence-corrected chi connectivity index (χ4v) is 7.01. The Morgan fingerprint density at radius 2 is 2.22 bits per heavy atom. The van der Waals surface area contributed by atoms with Gasteiger partial charge in [0.05, 0.1) is 23.6 Å². The standard InChI is InChI=1S/C22H21ClFN5O2S/c1-32-21-11-5-15(14-3-2-10-8-31-22(30)28(10)14)29(18-9-4-13(18)25-6-9)19(11)12-7-26-20(23)16(24)17(12)27-21/h5,7,9-10,13-14,18,25H,2-4,6,8H2,1H3/t9-,10+,13-,14?,18+/m1/s1. The Balaban J connectivity index is 1.55. The highest BCUT2D eigenvalue weighted by molar-refractivity contribution is 7.98. The molecule has 5 aliphatic rings. The van der Waals surface area contributed by atoms with Gasteiger partial charge >= 0.3 is 6.09 Å². The van der Waals surface area contributed by atoms with Crippen LogP contribution >= 0.6 is 23.4 Å². The molecule has 5 fully saturated rings. The molecule has 7 heterocycles. The van der Waals surface area contributed by atoms with Crippen molar-refractivity contribution >= 4 is 51.3 Å². The molecule has 32 heavy (non-hydrogen) atoms. The third-order valence-electron chi connectivity index (χ3n) is 7.76. The molecule has 1 aliphatic carbocycles. The summed E-state index contributed by atoms with van der Waals surface area (Å²) in [6.07, 6.45) is 6.30. The minimum absolute atomic E-state index is 0.0581. The topological polar surface area (TPSA) is 72.3 Å². The first-order valence-corrected chi connectivity index (χ1v) is 12.6. The van der Waals surface area contributed by atoms with Gasteiger partial charge in [0.25, 0.3) is 0 Å². The maximum Gasteiger partial charge on any atom is 0.410 e. The Morgan fingerprint density at radius 1 is 1.34 bits per heavy atom. The highest BCUT2D eigenvalue weighted by atomic mass is 35.5. The number of hydrogen-bond acceptors (Lipinski definition) is 6. The number of amides is 1. The molecule has 5 atom stereocenters. The zero-order valence-corrected chi connectivity index (χ0v) is 18.9. The third-order valence-corrected chi connectivity index (χ3v) is 8.72. The summed E-state index contributed by atoms with van der Waals surface area (Å²) in [5.74, 6) is -0.0717. The Kier molecular flexibility index (Phi) is 4.06. The molecular weight excluding hydrogens is 453 g/mol. The maximum atomic E-state index is 15.0. The molecule has 1 unspecified atom stereocenters. The molecule has 166 valence electrons.